The lowest BCUT2D eigenvalue weighted by Crippen LogP contribution is -2.10. The largest absolute Gasteiger partial charge is 0.310 e. The highest BCUT2D eigenvalue weighted by Gasteiger charge is 2.19. The molecule has 2 aromatic heterocycles. The highest BCUT2D eigenvalue weighted by Crippen LogP contribution is 2.40. The van der Waals surface area contributed by atoms with Crippen molar-refractivity contribution in [1.82, 2.24) is 14.5 Å². The quantitative estimate of drug-likeness (QED) is 0.145. The molecular weight excluding hydrogens is 801 g/mol. The van der Waals surface area contributed by atoms with Crippen molar-refractivity contribution in [2.75, 3.05) is 4.90 Å². The van der Waals surface area contributed by atoms with Gasteiger partial charge in [0.25, 0.3) is 0 Å². The molecule has 0 atom stereocenters. The molecule has 0 amide bonds. The molecule has 0 aliphatic heterocycles. The zero-order valence-electron chi connectivity index (χ0n) is 36.0. The van der Waals surface area contributed by atoms with Crippen molar-refractivity contribution < 1.29 is 0 Å². The normalized spacial score (nSPS) is 11.3. The van der Waals surface area contributed by atoms with Crippen molar-refractivity contribution in [2.45, 2.75) is 0 Å². The monoisotopic (exact) mass is 842 g/mol. The molecule has 0 bridgehead atoms. The van der Waals surface area contributed by atoms with Gasteiger partial charge in [0, 0.05) is 50.0 Å². The fourth-order valence-electron chi connectivity index (χ4n) is 9.35. The van der Waals surface area contributed by atoms with E-state index in [4.69, 9.17) is 9.97 Å². The summed E-state index contributed by atoms with van der Waals surface area (Å²) in [6.45, 7) is 0. The van der Waals surface area contributed by atoms with Crippen LogP contribution < -0.4 is 4.90 Å². The van der Waals surface area contributed by atoms with Gasteiger partial charge >= 0.3 is 0 Å². The summed E-state index contributed by atoms with van der Waals surface area (Å²) in [5.41, 5.74) is 17.6. The van der Waals surface area contributed by atoms with Crippen LogP contribution in [0.15, 0.2) is 255 Å². The van der Waals surface area contributed by atoms with Gasteiger partial charge in [-0.05, 0) is 106 Å². The summed E-state index contributed by atoms with van der Waals surface area (Å²) < 4.78 is 2.38. The topological polar surface area (TPSA) is 34.0 Å². The number of hydrogen-bond donors (Lipinski definition) is 0. The molecule has 0 saturated heterocycles. The molecule has 0 N–H and O–H groups in total. The fourth-order valence-corrected chi connectivity index (χ4v) is 9.35. The zero-order chi connectivity index (χ0) is 43.8. The summed E-state index contributed by atoms with van der Waals surface area (Å²) in [6, 6.07) is 90.6. The lowest BCUT2D eigenvalue weighted by molar-refractivity contribution is 1.17. The Bertz CT molecular complexity index is 3660. The van der Waals surface area contributed by atoms with Gasteiger partial charge in [0.1, 0.15) is 0 Å². The molecule has 0 radical (unpaired) electrons. The molecule has 66 heavy (non-hydrogen) atoms. The average molecular weight is 843 g/mol. The lowest BCUT2D eigenvalue weighted by atomic mass is 10.00. The van der Waals surface area contributed by atoms with Gasteiger partial charge < -0.3 is 9.47 Å². The van der Waals surface area contributed by atoms with Crippen LogP contribution in [0.2, 0.25) is 0 Å². The first-order valence-electron chi connectivity index (χ1n) is 22.4. The molecule has 12 aromatic rings. The molecule has 0 aliphatic rings. The van der Waals surface area contributed by atoms with E-state index in [1.165, 1.54) is 38.8 Å². The van der Waals surface area contributed by atoms with Gasteiger partial charge in [-0.15, -0.1) is 0 Å². The van der Waals surface area contributed by atoms with Crippen LogP contribution in [-0.4, -0.2) is 14.5 Å². The van der Waals surface area contributed by atoms with Gasteiger partial charge in [0.15, 0.2) is 5.82 Å². The van der Waals surface area contributed by atoms with Gasteiger partial charge in [0.05, 0.1) is 22.2 Å². The van der Waals surface area contributed by atoms with Crippen LogP contribution in [0.3, 0.4) is 0 Å². The Morgan fingerprint density at radius 1 is 0.288 bits per heavy atom. The Labute approximate surface area is 384 Å². The maximum Gasteiger partial charge on any atom is 0.160 e. The van der Waals surface area contributed by atoms with E-state index < -0.39 is 0 Å². The Morgan fingerprint density at radius 3 is 1.41 bits per heavy atom. The summed E-state index contributed by atoms with van der Waals surface area (Å²) >= 11 is 0. The summed E-state index contributed by atoms with van der Waals surface area (Å²) in [5, 5.41) is 3.34. The van der Waals surface area contributed by atoms with Crippen LogP contribution in [-0.2, 0) is 0 Å². The minimum Gasteiger partial charge on any atom is -0.310 e. The molecule has 0 spiro atoms. The molecule has 0 aliphatic carbocycles. The molecule has 4 nitrogen and oxygen atoms in total. The Balaban J connectivity index is 0.919. The average Bonchev–Trinajstić information content (AvgIpc) is 3.73. The number of hydrogen-bond acceptors (Lipinski definition) is 3. The number of fused-ring (bicyclic) bond motifs is 4. The number of anilines is 3. The predicted molar refractivity (Wildman–Crippen MR) is 276 cm³/mol. The number of nitrogens with zero attached hydrogens (tertiary/aromatic N) is 4. The summed E-state index contributed by atoms with van der Waals surface area (Å²) in [5.74, 6) is 0.699. The smallest absolute Gasteiger partial charge is 0.160 e. The first-order chi connectivity index (χ1) is 32.7. The van der Waals surface area contributed by atoms with E-state index in [-0.39, 0.29) is 0 Å². The van der Waals surface area contributed by atoms with Crippen LogP contribution in [0.1, 0.15) is 0 Å². The number of benzene rings is 10. The van der Waals surface area contributed by atoms with E-state index in [0.717, 1.165) is 66.9 Å². The molecular formula is C62H42N4. The molecule has 0 unspecified atom stereocenters. The third-order valence-corrected chi connectivity index (χ3v) is 12.6. The summed E-state index contributed by atoms with van der Waals surface area (Å²) in [7, 11) is 0. The highest BCUT2D eigenvalue weighted by atomic mass is 15.1. The second-order valence-electron chi connectivity index (χ2n) is 16.6. The van der Waals surface area contributed by atoms with Crippen molar-refractivity contribution in [3.63, 3.8) is 0 Å². The summed E-state index contributed by atoms with van der Waals surface area (Å²) in [6.07, 6.45) is 0. The van der Waals surface area contributed by atoms with Crippen LogP contribution >= 0.6 is 0 Å². The first kappa shape index (κ1) is 38.8. The van der Waals surface area contributed by atoms with E-state index in [9.17, 15) is 0 Å². The second kappa shape index (κ2) is 16.7. The molecule has 12 rings (SSSR count). The van der Waals surface area contributed by atoms with Crippen molar-refractivity contribution in [1.29, 1.82) is 0 Å². The van der Waals surface area contributed by atoms with E-state index in [0.29, 0.717) is 5.82 Å². The van der Waals surface area contributed by atoms with Gasteiger partial charge in [-0.3, -0.25) is 0 Å². The van der Waals surface area contributed by atoms with Crippen molar-refractivity contribution in [2.24, 2.45) is 0 Å². The third kappa shape index (κ3) is 7.17. The van der Waals surface area contributed by atoms with Crippen LogP contribution in [0, 0.1) is 0 Å². The van der Waals surface area contributed by atoms with Gasteiger partial charge in [-0.2, -0.15) is 0 Å². The lowest BCUT2D eigenvalue weighted by Gasteiger charge is -2.26. The third-order valence-electron chi connectivity index (χ3n) is 12.6. The maximum atomic E-state index is 5.30. The molecule has 0 fully saturated rings. The van der Waals surface area contributed by atoms with Crippen LogP contribution in [0.25, 0.3) is 94.4 Å². The molecule has 2 heterocycles. The zero-order valence-corrected chi connectivity index (χ0v) is 36.0. The Kier molecular flexibility index (Phi) is 9.81. The standard InChI is InChI=1S/C62H42N4/c1-4-15-43(16-5-1)45-27-29-47(30-28-45)48-35-38-52(39-36-48)65(51-19-8-3-9-20-51)53-21-14-22-54(42-53)66-59-26-13-11-23-55(59)57-41-50(37-40-60(57)66)62-63-58-25-12-10-24-56(58)61(64-62)49-33-31-46(32-34-49)44-17-6-2-7-18-44/h1-42H. The maximum absolute atomic E-state index is 5.30. The van der Waals surface area contributed by atoms with Gasteiger partial charge in [-0.25, -0.2) is 9.97 Å². The van der Waals surface area contributed by atoms with Crippen molar-refractivity contribution >= 4 is 49.8 Å². The fraction of sp³-hybridized carbons (Fsp3) is 0. The Morgan fingerprint density at radius 2 is 0.758 bits per heavy atom. The number of para-hydroxylation sites is 3. The molecule has 10 aromatic carbocycles. The van der Waals surface area contributed by atoms with Crippen LogP contribution in [0.5, 0.6) is 0 Å². The van der Waals surface area contributed by atoms with E-state index in [1.807, 2.05) is 12.1 Å². The SMILES string of the molecule is c1ccc(-c2ccc(-c3ccc(N(c4ccccc4)c4cccc(-n5c6ccccc6c6cc(-c7nc(-c8ccc(-c9ccccc9)cc8)c8ccccc8n7)ccc65)c4)cc3)cc2)cc1. The summed E-state index contributed by atoms with van der Waals surface area (Å²) in [4.78, 5) is 12.8. The van der Waals surface area contributed by atoms with Crippen molar-refractivity contribution in [3.05, 3.63) is 255 Å². The van der Waals surface area contributed by atoms with E-state index in [1.54, 1.807) is 0 Å². The minimum absolute atomic E-state index is 0.699. The molecule has 0 saturated carbocycles. The second-order valence-corrected chi connectivity index (χ2v) is 16.6. The van der Waals surface area contributed by atoms with Gasteiger partial charge in [-0.1, -0.05) is 182 Å². The Hall–Kier alpha value is -8.86. The number of rotatable bonds is 9. The minimum atomic E-state index is 0.699. The predicted octanol–water partition coefficient (Wildman–Crippen LogP) is 16.5. The molecule has 4 heteroatoms. The van der Waals surface area contributed by atoms with Crippen LogP contribution in [0.4, 0.5) is 17.1 Å². The number of aromatic nitrogens is 3. The first-order valence-corrected chi connectivity index (χ1v) is 22.4. The van der Waals surface area contributed by atoms with E-state index >= 15 is 0 Å². The van der Waals surface area contributed by atoms with Crippen molar-refractivity contribution in [3.8, 4) is 61.7 Å². The highest BCUT2D eigenvalue weighted by molar-refractivity contribution is 6.10. The van der Waals surface area contributed by atoms with E-state index in [2.05, 4.69) is 252 Å². The molecule has 310 valence electrons. The van der Waals surface area contributed by atoms with Gasteiger partial charge in [0.2, 0.25) is 0 Å².